The van der Waals surface area contributed by atoms with Gasteiger partial charge in [-0.15, -0.1) is 0 Å². The summed E-state index contributed by atoms with van der Waals surface area (Å²) < 4.78 is 6.28. The largest absolute Gasteiger partial charge is 0.422 e. The lowest BCUT2D eigenvalue weighted by atomic mass is 10.1. The third-order valence-corrected chi connectivity index (χ3v) is 3.94. The van der Waals surface area contributed by atoms with Gasteiger partial charge in [0.1, 0.15) is 5.76 Å². The van der Waals surface area contributed by atoms with E-state index in [2.05, 4.69) is 15.9 Å². The van der Waals surface area contributed by atoms with Gasteiger partial charge in [-0.3, -0.25) is 0 Å². The van der Waals surface area contributed by atoms with Gasteiger partial charge in [-0.1, -0.05) is 57.9 Å². The maximum Gasteiger partial charge on any atom is 0.343 e. The van der Waals surface area contributed by atoms with Crippen LogP contribution in [-0.4, -0.2) is 5.97 Å². The van der Waals surface area contributed by atoms with Crippen molar-refractivity contribution in [2.24, 2.45) is 0 Å². The Bertz CT molecular complexity index is 761. The third kappa shape index (κ3) is 3.09. The fraction of sp³-hybridized carbons (Fsp3) is 0. The van der Waals surface area contributed by atoms with Crippen LogP contribution >= 0.6 is 27.5 Å². The third-order valence-electron chi connectivity index (χ3n) is 3.07. The molecule has 0 aliphatic carbocycles. The predicted molar refractivity (Wildman–Crippen MR) is 87.6 cm³/mol. The summed E-state index contributed by atoms with van der Waals surface area (Å²) in [7, 11) is 0. The molecule has 0 N–H and O–H groups in total. The van der Waals surface area contributed by atoms with E-state index in [1.54, 1.807) is 18.2 Å². The molecule has 2 aromatic carbocycles. The van der Waals surface area contributed by atoms with Crippen LogP contribution < -0.4 is 0 Å². The predicted octanol–water partition coefficient (Wildman–Crippen LogP) is 5.08. The maximum atomic E-state index is 11.9. The van der Waals surface area contributed by atoms with E-state index in [1.807, 2.05) is 42.5 Å². The highest BCUT2D eigenvalue weighted by Crippen LogP contribution is 2.29. The average Bonchev–Trinajstić information content (AvgIpc) is 2.83. The smallest absolute Gasteiger partial charge is 0.343 e. The number of halogens is 2. The lowest BCUT2D eigenvalue weighted by molar-refractivity contribution is -0.130. The number of hydrogen-bond acceptors (Lipinski definition) is 2. The van der Waals surface area contributed by atoms with Crippen molar-refractivity contribution >= 4 is 45.3 Å². The van der Waals surface area contributed by atoms with Crippen molar-refractivity contribution in [3.63, 3.8) is 0 Å². The van der Waals surface area contributed by atoms with E-state index in [9.17, 15) is 4.79 Å². The van der Waals surface area contributed by atoms with Gasteiger partial charge in [0, 0.05) is 15.1 Å². The fourth-order valence-electron chi connectivity index (χ4n) is 2.01. The Morgan fingerprint density at radius 3 is 2.48 bits per heavy atom. The quantitative estimate of drug-likeness (QED) is 0.550. The molecule has 0 unspecified atom stereocenters. The highest BCUT2D eigenvalue weighted by molar-refractivity contribution is 9.10. The number of carbonyl (C=O) groups excluding carboxylic acids is 1. The minimum absolute atomic E-state index is 0.368. The number of carbonyl (C=O) groups is 1. The van der Waals surface area contributed by atoms with Gasteiger partial charge in [0.15, 0.2) is 0 Å². The summed E-state index contributed by atoms with van der Waals surface area (Å²) in [5, 5.41) is 0.600. The molecule has 2 aromatic rings. The minimum Gasteiger partial charge on any atom is -0.422 e. The molecule has 1 aliphatic heterocycles. The summed E-state index contributed by atoms with van der Waals surface area (Å²) in [6.07, 6.45) is 3.46. The highest BCUT2D eigenvalue weighted by Gasteiger charge is 2.22. The van der Waals surface area contributed by atoms with Crippen molar-refractivity contribution in [1.82, 2.24) is 0 Å². The molecule has 0 fully saturated rings. The number of ether oxygens (including phenoxy) is 1. The van der Waals surface area contributed by atoms with Crippen LogP contribution in [0.25, 0.3) is 11.8 Å². The van der Waals surface area contributed by atoms with Crippen molar-refractivity contribution in [3.05, 3.63) is 80.8 Å². The average molecular weight is 362 g/mol. The van der Waals surface area contributed by atoms with Gasteiger partial charge >= 0.3 is 5.97 Å². The van der Waals surface area contributed by atoms with E-state index in [4.69, 9.17) is 16.3 Å². The first-order valence-electron chi connectivity index (χ1n) is 6.29. The second-order valence-corrected chi connectivity index (χ2v) is 5.85. The molecule has 0 amide bonds. The number of esters is 1. The van der Waals surface area contributed by atoms with Crippen molar-refractivity contribution in [3.8, 4) is 0 Å². The van der Waals surface area contributed by atoms with Crippen LogP contribution in [0.1, 0.15) is 11.1 Å². The van der Waals surface area contributed by atoms with E-state index in [1.165, 1.54) is 0 Å². The van der Waals surface area contributed by atoms with Crippen LogP contribution in [0.5, 0.6) is 0 Å². The summed E-state index contributed by atoms with van der Waals surface area (Å²) in [6, 6.07) is 14.9. The molecule has 0 aromatic heterocycles. The Morgan fingerprint density at radius 1 is 1.05 bits per heavy atom. The molecule has 3 rings (SSSR count). The number of cyclic esters (lactones) is 1. The lowest BCUT2D eigenvalue weighted by Crippen LogP contribution is -1.97. The molecule has 1 aliphatic rings. The Kier molecular flexibility index (Phi) is 3.95. The molecule has 0 saturated heterocycles. The highest BCUT2D eigenvalue weighted by atomic mass is 79.9. The summed E-state index contributed by atoms with van der Waals surface area (Å²) in [5.74, 6) is 0.179. The van der Waals surface area contributed by atoms with Gasteiger partial charge in [-0.2, -0.15) is 0 Å². The van der Waals surface area contributed by atoms with Gasteiger partial charge in [0.25, 0.3) is 0 Å². The molecule has 0 bridgehead atoms. The molecule has 21 heavy (non-hydrogen) atoms. The monoisotopic (exact) mass is 360 g/mol. The zero-order valence-electron chi connectivity index (χ0n) is 10.8. The van der Waals surface area contributed by atoms with Crippen LogP contribution in [0.2, 0.25) is 5.02 Å². The standard InChI is InChI=1S/C17H10BrClO2/c18-14-7-5-11(6-8-14)16-10-13(17(20)21-16)9-12-3-1-2-4-15(12)19/h1-10H. The van der Waals surface area contributed by atoms with E-state index in [0.29, 0.717) is 16.4 Å². The second-order valence-electron chi connectivity index (χ2n) is 4.53. The normalized spacial score (nSPS) is 16.0. The SMILES string of the molecule is O=C1OC(c2ccc(Br)cc2)=CC1=Cc1ccccc1Cl. The summed E-state index contributed by atoms with van der Waals surface area (Å²) in [4.78, 5) is 11.9. The number of hydrogen-bond donors (Lipinski definition) is 0. The summed E-state index contributed by atoms with van der Waals surface area (Å²) in [6.45, 7) is 0. The van der Waals surface area contributed by atoms with Gasteiger partial charge in [0.2, 0.25) is 0 Å². The first-order chi connectivity index (χ1) is 10.1. The van der Waals surface area contributed by atoms with Crippen LogP contribution in [0.3, 0.4) is 0 Å². The van der Waals surface area contributed by atoms with Gasteiger partial charge in [-0.05, 0) is 35.9 Å². The van der Waals surface area contributed by atoms with Crippen molar-refractivity contribution in [2.75, 3.05) is 0 Å². The van der Waals surface area contributed by atoms with Crippen molar-refractivity contribution < 1.29 is 9.53 Å². The molecule has 0 radical (unpaired) electrons. The van der Waals surface area contributed by atoms with Crippen LogP contribution in [0.4, 0.5) is 0 Å². The van der Waals surface area contributed by atoms with Crippen LogP contribution in [0, 0.1) is 0 Å². The Labute approximate surface area is 135 Å². The molecule has 4 heteroatoms. The first kappa shape index (κ1) is 14.1. The van der Waals surface area contributed by atoms with Gasteiger partial charge in [0.05, 0.1) is 5.57 Å². The molecular weight excluding hydrogens is 352 g/mol. The summed E-state index contributed by atoms with van der Waals surface area (Å²) in [5.41, 5.74) is 2.13. The van der Waals surface area contributed by atoms with Crippen molar-refractivity contribution in [2.45, 2.75) is 0 Å². The van der Waals surface area contributed by atoms with Crippen LogP contribution in [-0.2, 0) is 9.53 Å². The van der Waals surface area contributed by atoms with Gasteiger partial charge in [-0.25, -0.2) is 4.79 Å². The van der Waals surface area contributed by atoms with E-state index in [0.717, 1.165) is 15.6 Å². The second kappa shape index (κ2) is 5.88. The molecule has 0 spiro atoms. The number of benzene rings is 2. The Balaban J connectivity index is 1.96. The molecule has 2 nitrogen and oxygen atoms in total. The zero-order chi connectivity index (χ0) is 14.8. The molecule has 1 heterocycles. The van der Waals surface area contributed by atoms with E-state index >= 15 is 0 Å². The minimum atomic E-state index is -0.368. The zero-order valence-corrected chi connectivity index (χ0v) is 13.2. The first-order valence-corrected chi connectivity index (χ1v) is 7.46. The summed E-state index contributed by atoms with van der Waals surface area (Å²) >= 11 is 9.48. The lowest BCUT2D eigenvalue weighted by Gasteiger charge is -2.01. The Hall–Kier alpha value is -1.84. The Morgan fingerprint density at radius 2 is 1.76 bits per heavy atom. The van der Waals surface area contributed by atoms with E-state index in [-0.39, 0.29) is 5.97 Å². The molecule has 104 valence electrons. The molecule has 0 atom stereocenters. The fourth-order valence-corrected chi connectivity index (χ4v) is 2.46. The molecular formula is C17H10BrClO2. The maximum absolute atomic E-state index is 11.9. The van der Waals surface area contributed by atoms with E-state index < -0.39 is 0 Å². The topological polar surface area (TPSA) is 26.3 Å². The van der Waals surface area contributed by atoms with Gasteiger partial charge < -0.3 is 4.74 Å². The van der Waals surface area contributed by atoms with Crippen LogP contribution in [0.15, 0.2) is 64.7 Å². The van der Waals surface area contributed by atoms with Crippen molar-refractivity contribution in [1.29, 1.82) is 0 Å². The molecule has 0 saturated carbocycles. The number of rotatable bonds is 2.